The molecule has 0 aliphatic heterocycles. The van der Waals surface area contributed by atoms with Crippen LogP contribution in [0.4, 0.5) is 11.5 Å². The molecule has 2 atom stereocenters. The summed E-state index contributed by atoms with van der Waals surface area (Å²) in [7, 11) is 1.95. The van der Waals surface area contributed by atoms with E-state index in [1.54, 1.807) is 0 Å². The van der Waals surface area contributed by atoms with Crippen molar-refractivity contribution in [3.63, 3.8) is 0 Å². The zero-order valence-corrected chi connectivity index (χ0v) is 11.8. The second-order valence-corrected chi connectivity index (χ2v) is 4.87. The van der Waals surface area contributed by atoms with E-state index in [1.165, 1.54) is 0 Å². The number of likely N-dealkylation sites (N-methyl/N-ethyl adjacent to an activating group) is 1. The molecule has 0 amide bonds. The van der Waals surface area contributed by atoms with Crippen LogP contribution in [0.15, 0.2) is 18.3 Å². The summed E-state index contributed by atoms with van der Waals surface area (Å²) in [6.07, 6.45) is 2.99. The topological polar surface area (TPSA) is 48.4 Å². The van der Waals surface area contributed by atoms with Crippen LogP contribution >= 0.6 is 0 Å². The monoisotopic (exact) mass is 251 g/mol. The minimum atomic E-state index is 0.154. The number of aliphatic hydroxyl groups excluding tert-OH is 1. The number of nitrogens with one attached hydrogen (secondary N) is 1. The van der Waals surface area contributed by atoms with Gasteiger partial charge in [0.05, 0.1) is 18.5 Å². The van der Waals surface area contributed by atoms with Crippen LogP contribution in [-0.4, -0.2) is 36.3 Å². The Kier molecular flexibility index (Phi) is 5.92. The van der Waals surface area contributed by atoms with Crippen molar-refractivity contribution in [1.29, 1.82) is 0 Å². The molecule has 102 valence electrons. The zero-order chi connectivity index (χ0) is 13.5. The number of pyridine rings is 1. The number of anilines is 2. The maximum absolute atomic E-state index is 8.89. The highest BCUT2D eigenvalue weighted by Gasteiger charge is 2.10. The lowest BCUT2D eigenvalue weighted by Crippen LogP contribution is -2.24. The van der Waals surface area contributed by atoms with E-state index in [9.17, 15) is 0 Å². The third kappa shape index (κ3) is 4.18. The van der Waals surface area contributed by atoms with Gasteiger partial charge in [0.25, 0.3) is 0 Å². The highest BCUT2D eigenvalue weighted by molar-refractivity contribution is 5.49. The van der Waals surface area contributed by atoms with Crippen LogP contribution in [0.3, 0.4) is 0 Å². The first-order chi connectivity index (χ1) is 8.58. The first kappa shape index (κ1) is 14.8. The normalized spacial score (nSPS) is 14.1. The van der Waals surface area contributed by atoms with Crippen LogP contribution in [0, 0.1) is 5.92 Å². The second-order valence-electron chi connectivity index (χ2n) is 4.87. The van der Waals surface area contributed by atoms with Crippen molar-refractivity contribution in [1.82, 2.24) is 4.98 Å². The first-order valence-corrected chi connectivity index (χ1v) is 6.63. The van der Waals surface area contributed by atoms with Gasteiger partial charge in [-0.25, -0.2) is 4.98 Å². The molecule has 2 N–H and O–H groups in total. The maximum atomic E-state index is 8.89. The van der Waals surface area contributed by atoms with E-state index in [0.29, 0.717) is 18.5 Å². The number of rotatable bonds is 7. The van der Waals surface area contributed by atoms with Gasteiger partial charge in [0.15, 0.2) is 0 Å². The Labute approximate surface area is 110 Å². The van der Waals surface area contributed by atoms with Crippen molar-refractivity contribution in [2.75, 3.05) is 30.4 Å². The van der Waals surface area contributed by atoms with Gasteiger partial charge in [-0.3, -0.25) is 0 Å². The third-order valence-corrected chi connectivity index (χ3v) is 3.50. The Hall–Kier alpha value is -1.29. The highest BCUT2D eigenvalue weighted by Crippen LogP contribution is 2.16. The molecule has 0 radical (unpaired) electrons. The smallest absolute Gasteiger partial charge is 0.126 e. The number of nitrogens with zero attached hydrogens (tertiary/aromatic N) is 2. The molecule has 0 bridgehead atoms. The van der Waals surface area contributed by atoms with Crippen molar-refractivity contribution >= 4 is 11.5 Å². The predicted molar refractivity (Wildman–Crippen MR) is 77.1 cm³/mol. The molecule has 1 rings (SSSR count). The Balaban J connectivity index is 2.60. The van der Waals surface area contributed by atoms with Crippen LogP contribution in [0.25, 0.3) is 0 Å². The molecule has 4 nitrogen and oxygen atoms in total. The second kappa shape index (κ2) is 7.21. The van der Waals surface area contributed by atoms with Gasteiger partial charge in [-0.15, -0.1) is 0 Å². The Morgan fingerprint density at radius 3 is 2.61 bits per heavy atom. The van der Waals surface area contributed by atoms with Crippen LogP contribution in [0.1, 0.15) is 27.2 Å². The molecule has 1 aromatic heterocycles. The van der Waals surface area contributed by atoms with E-state index in [4.69, 9.17) is 5.11 Å². The van der Waals surface area contributed by atoms with E-state index in [2.05, 4.69) is 31.1 Å². The van der Waals surface area contributed by atoms with E-state index in [1.807, 2.05) is 30.3 Å². The molecule has 1 heterocycles. The summed E-state index contributed by atoms with van der Waals surface area (Å²) < 4.78 is 0. The van der Waals surface area contributed by atoms with E-state index < -0.39 is 0 Å². The number of hydrogen-bond donors (Lipinski definition) is 2. The van der Waals surface area contributed by atoms with Crippen LogP contribution in [-0.2, 0) is 0 Å². The SMILES string of the molecule is CCC(C)C(C)Nc1ccc(N(C)CCO)cn1. The fraction of sp³-hybridized carbons (Fsp3) is 0.643. The molecule has 0 spiro atoms. The molecule has 0 aliphatic carbocycles. The minimum Gasteiger partial charge on any atom is -0.395 e. The molecule has 0 aromatic carbocycles. The fourth-order valence-electron chi connectivity index (χ4n) is 1.71. The number of hydrogen-bond acceptors (Lipinski definition) is 4. The summed E-state index contributed by atoms with van der Waals surface area (Å²) in [5, 5.41) is 12.3. The van der Waals surface area contributed by atoms with Crippen molar-refractivity contribution in [2.45, 2.75) is 33.2 Å². The van der Waals surface area contributed by atoms with Gasteiger partial charge < -0.3 is 15.3 Å². The van der Waals surface area contributed by atoms with Gasteiger partial charge in [-0.05, 0) is 25.0 Å². The summed E-state index contributed by atoms with van der Waals surface area (Å²) >= 11 is 0. The van der Waals surface area contributed by atoms with E-state index in [-0.39, 0.29) is 6.61 Å². The quantitative estimate of drug-likeness (QED) is 0.781. The fourth-order valence-corrected chi connectivity index (χ4v) is 1.71. The van der Waals surface area contributed by atoms with Crippen molar-refractivity contribution in [3.8, 4) is 0 Å². The number of aliphatic hydroxyl groups is 1. The standard InChI is InChI=1S/C14H25N3O/c1-5-11(2)12(3)16-14-7-6-13(10-15-14)17(4)8-9-18/h6-7,10-12,18H,5,8-9H2,1-4H3,(H,15,16). The minimum absolute atomic E-state index is 0.154. The van der Waals surface area contributed by atoms with Gasteiger partial charge in [0.1, 0.15) is 5.82 Å². The van der Waals surface area contributed by atoms with E-state index in [0.717, 1.165) is 17.9 Å². The van der Waals surface area contributed by atoms with Crippen LogP contribution < -0.4 is 10.2 Å². The average Bonchev–Trinajstić information content (AvgIpc) is 2.38. The summed E-state index contributed by atoms with van der Waals surface area (Å²) in [6, 6.07) is 4.43. The first-order valence-electron chi connectivity index (χ1n) is 6.63. The molecule has 4 heteroatoms. The average molecular weight is 251 g/mol. The van der Waals surface area contributed by atoms with E-state index >= 15 is 0 Å². The lowest BCUT2D eigenvalue weighted by molar-refractivity contribution is 0.304. The maximum Gasteiger partial charge on any atom is 0.126 e. The molecule has 1 aromatic rings. The van der Waals surface area contributed by atoms with Gasteiger partial charge in [0, 0.05) is 19.6 Å². The summed E-state index contributed by atoms with van der Waals surface area (Å²) in [4.78, 5) is 6.39. The molecular formula is C14H25N3O. The number of aromatic nitrogens is 1. The predicted octanol–water partition coefficient (Wildman–Crippen LogP) is 2.36. The van der Waals surface area contributed by atoms with Crippen molar-refractivity contribution in [3.05, 3.63) is 18.3 Å². The summed E-state index contributed by atoms with van der Waals surface area (Å²) in [6.45, 7) is 7.39. The molecule has 0 aliphatic rings. The molecule has 2 unspecified atom stereocenters. The third-order valence-electron chi connectivity index (χ3n) is 3.50. The molecule has 0 fully saturated rings. The Bertz CT molecular complexity index is 339. The lowest BCUT2D eigenvalue weighted by atomic mass is 10.0. The highest BCUT2D eigenvalue weighted by atomic mass is 16.3. The summed E-state index contributed by atoms with van der Waals surface area (Å²) in [5.41, 5.74) is 1.02. The van der Waals surface area contributed by atoms with Crippen molar-refractivity contribution in [2.24, 2.45) is 5.92 Å². The zero-order valence-electron chi connectivity index (χ0n) is 11.8. The largest absolute Gasteiger partial charge is 0.395 e. The van der Waals surface area contributed by atoms with Crippen LogP contribution in [0.2, 0.25) is 0 Å². The Morgan fingerprint density at radius 2 is 2.11 bits per heavy atom. The van der Waals surface area contributed by atoms with Gasteiger partial charge in [0.2, 0.25) is 0 Å². The van der Waals surface area contributed by atoms with Gasteiger partial charge >= 0.3 is 0 Å². The summed E-state index contributed by atoms with van der Waals surface area (Å²) in [5.74, 6) is 1.53. The van der Waals surface area contributed by atoms with Gasteiger partial charge in [-0.1, -0.05) is 20.3 Å². The Morgan fingerprint density at radius 1 is 1.39 bits per heavy atom. The van der Waals surface area contributed by atoms with Gasteiger partial charge in [-0.2, -0.15) is 0 Å². The molecule has 0 saturated carbocycles. The molecular weight excluding hydrogens is 226 g/mol. The van der Waals surface area contributed by atoms with Crippen molar-refractivity contribution < 1.29 is 5.11 Å². The lowest BCUT2D eigenvalue weighted by Gasteiger charge is -2.21. The molecule has 0 saturated heterocycles. The van der Waals surface area contributed by atoms with Crippen LogP contribution in [0.5, 0.6) is 0 Å². The molecule has 18 heavy (non-hydrogen) atoms.